The number of benzene rings is 1. The largest absolute Gasteiger partial charge is 0.445 e. The highest BCUT2D eigenvalue weighted by atomic mass is 16.6. The number of piperidine rings is 1. The minimum atomic E-state index is -0.143. The van der Waals surface area contributed by atoms with Crippen LogP contribution >= 0.6 is 0 Å². The fourth-order valence-electron chi connectivity index (χ4n) is 4.55. The lowest BCUT2D eigenvalue weighted by atomic mass is 9.84. The Hall–Kier alpha value is -2.03. The van der Waals surface area contributed by atoms with Crippen LogP contribution in [0.15, 0.2) is 54.6 Å². The molecule has 0 saturated carbocycles. The van der Waals surface area contributed by atoms with Crippen LogP contribution in [-0.2, 0) is 11.3 Å². The summed E-state index contributed by atoms with van der Waals surface area (Å²) in [6.07, 6.45) is 17.5. The summed E-state index contributed by atoms with van der Waals surface area (Å²) in [6, 6.07) is 10.5. The van der Waals surface area contributed by atoms with Gasteiger partial charge in [0, 0.05) is 6.04 Å². The molecule has 2 unspecified atom stereocenters. The summed E-state index contributed by atoms with van der Waals surface area (Å²) in [5.74, 6) is 0. The van der Waals surface area contributed by atoms with Gasteiger partial charge in [-0.05, 0) is 56.9 Å². The summed E-state index contributed by atoms with van der Waals surface area (Å²) < 4.78 is 5.64. The molecule has 0 aromatic heterocycles. The van der Waals surface area contributed by atoms with Crippen LogP contribution in [0.1, 0.15) is 76.2 Å². The van der Waals surface area contributed by atoms with E-state index in [9.17, 15) is 4.79 Å². The highest BCUT2D eigenvalue weighted by Gasteiger charge is 2.37. The fraction of sp³-hybridized carbons (Fsp3) is 0.560. The Bertz CT molecular complexity index is 652. The van der Waals surface area contributed by atoms with Gasteiger partial charge in [-0.25, -0.2) is 4.79 Å². The second-order valence-electron chi connectivity index (χ2n) is 8.22. The number of ether oxygens (including phenoxy) is 1. The second kappa shape index (κ2) is 11.1. The molecule has 2 bridgehead atoms. The van der Waals surface area contributed by atoms with E-state index in [1.54, 1.807) is 5.57 Å². The fourth-order valence-corrected chi connectivity index (χ4v) is 4.55. The summed E-state index contributed by atoms with van der Waals surface area (Å²) in [5, 5.41) is 0. The van der Waals surface area contributed by atoms with E-state index < -0.39 is 0 Å². The average molecular weight is 382 g/mol. The van der Waals surface area contributed by atoms with Crippen LogP contribution in [0.5, 0.6) is 0 Å². The van der Waals surface area contributed by atoms with Crippen LogP contribution < -0.4 is 0 Å². The van der Waals surface area contributed by atoms with Gasteiger partial charge in [0.25, 0.3) is 0 Å². The van der Waals surface area contributed by atoms with Gasteiger partial charge in [0.05, 0.1) is 6.04 Å². The third kappa shape index (κ3) is 5.98. The van der Waals surface area contributed by atoms with Crippen molar-refractivity contribution in [1.82, 2.24) is 4.90 Å². The number of unbranched alkanes of at least 4 members (excludes halogenated alkanes) is 5. The first-order chi connectivity index (χ1) is 13.8. The van der Waals surface area contributed by atoms with Crippen molar-refractivity contribution < 1.29 is 9.53 Å². The van der Waals surface area contributed by atoms with Gasteiger partial charge >= 0.3 is 6.09 Å². The van der Waals surface area contributed by atoms with Gasteiger partial charge in [-0.15, -0.1) is 6.58 Å². The Labute approximate surface area is 170 Å². The van der Waals surface area contributed by atoms with Crippen molar-refractivity contribution in [3.05, 3.63) is 60.2 Å². The van der Waals surface area contributed by atoms with Crippen LogP contribution in [0.2, 0.25) is 0 Å². The molecule has 2 heterocycles. The zero-order valence-corrected chi connectivity index (χ0v) is 17.2. The minimum Gasteiger partial charge on any atom is -0.445 e. The summed E-state index contributed by atoms with van der Waals surface area (Å²) in [5.41, 5.74) is 2.61. The molecule has 1 aromatic carbocycles. The number of fused-ring (bicyclic) bond motifs is 2. The molecule has 1 saturated heterocycles. The lowest BCUT2D eigenvalue weighted by molar-refractivity contribution is 0.0479. The first-order valence-corrected chi connectivity index (χ1v) is 11.1. The van der Waals surface area contributed by atoms with Crippen molar-refractivity contribution in [3.8, 4) is 0 Å². The second-order valence-corrected chi connectivity index (χ2v) is 8.22. The molecular formula is C25H35NO2. The van der Waals surface area contributed by atoms with Crippen molar-refractivity contribution >= 4 is 6.09 Å². The van der Waals surface area contributed by atoms with Gasteiger partial charge in [-0.2, -0.15) is 0 Å². The first kappa shape index (κ1) is 20.7. The zero-order valence-electron chi connectivity index (χ0n) is 17.2. The maximum absolute atomic E-state index is 12.7. The van der Waals surface area contributed by atoms with Crippen LogP contribution in [0, 0.1) is 0 Å². The number of amides is 1. The van der Waals surface area contributed by atoms with Crippen molar-refractivity contribution in [2.45, 2.75) is 89.3 Å². The van der Waals surface area contributed by atoms with Crippen molar-refractivity contribution in [3.63, 3.8) is 0 Å². The Kier molecular flexibility index (Phi) is 8.20. The van der Waals surface area contributed by atoms with E-state index in [1.807, 2.05) is 41.3 Å². The van der Waals surface area contributed by atoms with Gasteiger partial charge in [0.1, 0.15) is 6.61 Å². The van der Waals surface area contributed by atoms with E-state index in [1.165, 1.54) is 44.9 Å². The molecule has 28 heavy (non-hydrogen) atoms. The number of hydrogen-bond donors (Lipinski definition) is 0. The monoisotopic (exact) mass is 381 g/mol. The maximum Gasteiger partial charge on any atom is 0.410 e. The molecule has 2 aliphatic heterocycles. The molecular weight excluding hydrogens is 346 g/mol. The summed E-state index contributed by atoms with van der Waals surface area (Å²) in [6.45, 7) is 4.14. The zero-order chi connectivity index (χ0) is 19.6. The molecule has 0 N–H and O–H groups in total. The van der Waals surface area contributed by atoms with Crippen molar-refractivity contribution in [2.75, 3.05) is 0 Å². The van der Waals surface area contributed by atoms with Crippen molar-refractivity contribution in [1.29, 1.82) is 0 Å². The van der Waals surface area contributed by atoms with E-state index in [2.05, 4.69) is 12.7 Å². The standard InChI is InChI=1S/C25H35NO2/c1-2-3-4-5-6-7-9-15-22-18-23-16-12-17-24(19-22)26(23)25(27)28-20-21-13-10-8-11-14-21/h2,8,10-11,13-14,18,23-24H,1,3-7,9,12,15-17,19-20H2. The van der Waals surface area contributed by atoms with Crippen molar-refractivity contribution in [2.24, 2.45) is 0 Å². The van der Waals surface area contributed by atoms with Gasteiger partial charge in [0.15, 0.2) is 0 Å². The van der Waals surface area contributed by atoms with Gasteiger partial charge in [0.2, 0.25) is 0 Å². The lowest BCUT2D eigenvalue weighted by Gasteiger charge is -2.44. The van der Waals surface area contributed by atoms with Crippen LogP contribution in [0.25, 0.3) is 0 Å². The molecule has 1 amide bonds. The molecule has 0 spiro atoms. The molecule has 3 nitrogen and oxygen atoms in total. The number of rotatable bonds is 10. The molecule has 1 fully saturated rings. The lowest BCUT2D eigenvalue weighted by Crippen LogP contribution is -2.51. The highest BCUT2D eigenvalue weighted by molar-refractivity contribution is 5.69. The molecule has 152 valence electrons. The van der Waals surface area contributed by atoms with E-state index >= 15 is 0 Å². The molecule has 1 aromatic rings. The van der Waals surface area contributed by atoms with E-state index in [0.717, 1.165) is 31.2 Å². The quantitative estimate of drug-likeness (QED) is 0.330. The molecule has 3 rings (SSSR count). The number of nitrogens with zero attached hydrogens (tertiary/aromatic N) is 1. The third-order valence-corrected chi connectivity index (χ3v) is 6.04. The summed E-state index contributed by atoms with van der Waals surface area (Å²) in [7, 11) is 0. The third-order valence-electron chi connectivity index (χ3n) is 6.04. The molecule has 0 aliphatic carbocycles. The number of hydrogen-bond acceptors (Lipinski definition) is 2. The summed E-state index contributed by atoms with van der Waals surface area (Å²) in [4.78, 5) is 14.8. The number of carbonyl (C=O) groups excluding carboxylic acids is 1. The van der Waals surface area contributed by atoms with E-state index in [4.69, 9.17) is 4.74 Å². The number of carbonyl (C=O) groups is 1. The van der Waals surface area contributed by atoms with Crippen LogP contribution in [-0.4, -0.2) is 23.1 Å². The van der Waals surface area contributed by atoms with E-state index in [-0.39, 0.29) is 12.1 Å². The van der Waals surface area contributed by atoms with Gasteiger partial charge < -0.3 is 4.74 Å². The maximum atomic E-state index is 12.7. The Morgan fingerprint density at radius 1 is 1.11 bits per heavy atom. The SMILES string of the molecule is C=CCCCCCCCC1=CC2CCCC(C1)N2C(=O)OCc1ccccc1. The number of allylic oxidation sites excluding steroid dienone is 1. The predicted molar refractivity (Wildman–Crippen MR) is 115 cm³/mol. The molecule has 2 atom stereocenters. The topological polar surface area (TPSA) is 29.5 Å². The van der Waals surface area contributed by atoms with E-state index in [0.29, 0.717) is 12.6 Å². The first-order valence-electron chi connectivity index (χ1n) is 11.1. The minimum absolute atomic E-state index is 0.143. The van der Waals surface area contributed by atoms with Gasteiger partial charge in [-0.3, -0.25) is 4.90 Å². The smallest absolute Gasteiger partial charge is 0.410 e. The Morgan fingerprint density at radius 2 is 1.89 bits per heavy atom. The molecule has 2 aliphatic rings. The summed E-state index contributed by atoms with van der Waals surface area (Å²) >= 11 is 0. The normalized spacial score (nSPS) is 21.1. The predicted octanol–water partition coefficient (Wildman–Crippen LogP) is 6.79. The Morgan fingerprint density at radius 3 is 2.68 bits per heavy atom. The van der Waals surface area contributed by atoms with Crippen LogP contribution in [0.3, 0.4) is 0 Å². The Balaban J connectivity index is 1.46. The molecule has 3 heteroatoms. The average Bonchev–Trinajstić information content (AvgIpc) is 2.71. The van der Waals surface area contributed by atoms with Gasteiger partial charge in [-0.1, -0.05) is 67.3 Å². The molecule has 0 radical (unpaired) electrons. The van der Waals surface area contributed by atoms with Crippen LogP contribution in [0.4, 0.5) is 4.79 Å². The highest BCUT2D eigenvalue weighted by Crippen LogP contribution is 2.35.